The minimum absolute atomic E-state index is 0. The van der Waals surface area contributed by atoms with Crippen LogP contribution < -0.4 is 24.8 Å². The molecule has 0 aliphatic heterocycles. The van der Waals surface area contributed by atoms with E-state index in [1.807, 2.05) is 0 Å². The van der Waals surface area contributed by atoms with E-state index in [0.29, 0.717) is 10.8 Å². The van der Waals surface area contributed by atoms with Gasteiger partial charge in [-0.3, -0.25) is 0 Å². The number of rotatable bonds is 17. The Balaban J connectivity index is -0.000000323. The van der Waals surface area contributed by atoms with E-state index in [-0.39, 0.29) is 24.8 Å². The molecule has 0 aromatic rings. The fraction of sp³-hybridized carbons (Fsp3) is 1.00. The fourth-order valence-electron chi connectivity index (χ4n) is 3.49. The molecule has 0 aliphatic rings. The van der Waals surface area contributed by atoms with Crippen LogP contribution in [0, 0.1) is 0 Å². The molecule has 0 rings (SSSR count). The predicted molar refractivity (Wildman–Crippen MR) is 127 cm³/mol. The first-order valence-electron chi connectivity index (χ1n) is 12.4. The normalized spacial score (nSPS) is 12.3. The lowest BCUT2D eigenvalue weighted by Gasteiger charge is -2.26. The molecule has 0 amide bonds. The molecule has 1 atom stereocenters. The highest BCUT2D eigenvalue weighted by molar-refractivity contribution is 4.55. The molecular formula is C25H58Cl2N2O. The Morgan fingerprint density at radius 2 is 0.967 bits per heavy atom. The summed E-state index contributed by atoms with van der Waals surface area (Å²) in [5.41, 5.74) is 0. The summed E-state index contributed by atoms with van der Waals surface area (Å²) < 4.78 is 1.72. The number of hydrogen-bond acceptors (Lipinski definition) is 1. The van der Waals surface area contributed by atoms with Crippen molar-refractivity contribution in [2.45, 2.75) is 117 Å². The van der Waals surface area contributed by atoms with Gasteiger partial charge in [-0.25, -0.2) is 4.84 Å². The molecule has 0 aliphatic carbocycles. The first-order chi connectivity index (χ1) is 13.1. The Morgan fingerprint density at radius 1 is 0.567 bits per heavy atom. The van der Waals surface area contributed by atoms with Crippen LogP contribution in [0.3, 0.4) is 0 Å². The van der Waals surface area contributed by atoms with Crippen molar-refractivity contribution < 1.29 is 38.8 Å². The number of hydrogen-bond donors (Lipinski definition) is 0. The first-order valence-corrected chi connectivity index (χ1v) is 12.4. The van der Waals surface area contributed by atoms with E-state index in [9.17, 15) is 0 Å². The Kier molecular flexibility index (Phi) is 30.3. The molecule has 0 aromatic heterocycles. The van der Waals surface area contributed by atoms with Crippen molar-refractivity contribution in [2.75, 3.05) is 48.8 Å². The Hall–Kier alpha value is 0.460. The van der Waals surface area contributed by atoms with E-state index < -0.39 is 0 Å². The molecule has 0 fully saturated rings. The maximum atomic E-state index is 6.02. The summed E-state index contributed by atoms with van der Waals surface area (Å²) in [6, 6.07) is 0. The van der Waals surface area contributed by atoms with Crippen LogP contribution in [-0.4, -0.2) is 64.1 Å². The standard InChI is InChI=1S/C19H42NO.C6H16N.2ClH/c1-6-8-9-10-11-12-13-14-15-16-17-18-19(7-2)21-20(3,4)5;1-5-6-7(2,3)4;;/h19H,6-18H2,1-5H3;5-6H2,1-4H3;2*1H/q2*+1;;/p-2. The molecule has 0 radical (unpaired) electrons. The lowest BCUT2D eigenvalue weighted by Crippen LogP contribution is -3.00. The summed E-state index contributed by atoms with van der Waals surface area (Å²) in [7, 11) is 12.9. The van der Waals surface area contributed by atoms with E-state index >= 15 is 0 Å². The molecule has 5 heteroatoms. The zero-order valence-corrected chi connectivity index (χ0v) is 23.8. The van der Waals surface area contributed by atoms with E-state index in [1.54, 1.807) is 0 Å². The number of hydroxylamine groups is 3. The van der Waals surface area contributed by atoms with Crippen LogP contribution >= 0.6 is 0 Å². The summed E-state index contributed by atoms with van der Waals surface area (Å²) >= 11 is 0. The van der Waals surface area contributed by atoms with Gasteiger partial charge >= 0.3 is 0 Å². The summed E-state index contributed by atoms with van der Waals surface area (Å²) in [6.07, 6.45) is 19.7. The molecule has 0 N–H and O–H groups in total. The third-order valence-corrected chi connectivity index (χ3v) is 4.94. The van der Waals surface area contributed by atoms with E-state index in [0.717, 1.165) is 10.9 Å². The summed E-state index contributed by atoms with van der Waals surface area (Å²) in [6.45, 7) is 8.01. The molecule has 1 unspecified atom stereocenters. The van der Waals surface area contributed by atoms with Gasteiger partial charge in [0, 0.05) is 0 Å². The van der Waals surface area contributed by atoms with Gasteiger partial charge in [0.25, 0.3) is 0 Å². The SMILES string of the molecule is CCCCCCCCCCCCCC(CC)O[N+](C)(C)C.CCC[N+](C)(C)C.[Cl-].[Cl-]. The lowest BCUT2D eigenvalue weighted by molar-refractivity contribution is -1.07. The number of halogens is 2. The highest BCUT2D eigenvalue weighted by Crippen LogP contribution is 2.15. The van der Waals surface area contributed by atoms with Crippen molar-refractivity contribution in [3.05, 3.63) is 0 Å². The number of nitrogens with zero attached hydrogens (tertiary/aromatic N) is 2. The van der Waals surface area contributed by atoms with Crippen LogP contribution in [0.25, 0.3) is 0 Å². The fourth-order valence-corrected chi connectivity index (χ4v) is 3.49. The molecule has 30 heavy (non-hydrogen) atoms. The Labute approximate surface area is 204 Å². The molecule has 0 bridgehead atoms. The highest BCUT2D eigenvalue weighted by Gasteiger charge is 2.17. The van der Waals surface area contributed by atoms with Crippen LogP contribution in [0.2, 0.25) is 0 Å². The molecule has 0 aromatic carbocycles. The zero-order valence-electron chi connectivity index (χ0n) is 22.2. The topological polar surface area (TPSA) is 9.23 Å². The first kappa shape index (κ1) is 37.8. The van der Waals surface area contributed by atoms with Crippen LogP contribution in [0.1, 0.15) is 111 Å². The molecule has 0 saturated carbocycles. The van der Waals surface area contributed by atoms with Crippen molar-refractivity contribution in [1.82, 2.24) is 0 Å². The van der Waals surface area contributed by atoms with Gasteiger partial charge in [0.1, 0.15) is 6.10 Å². The van der Waals surface area contributed by atoms with Gasteiger partial charge in [-0.05, 0) is 19.3 Å². The van der Waals surface area contributed by atoms with Gasteiger partial charge in [0.2, 0.25) is 0 Å². The van der Waals surface area contributed by atoms with E-state index in [1.165, 1.54) is 90.0 Å². The van der Waals surface area contributed by atoms with Crippen molar-refractivity contribution in [3.8, 4) is 0 Å². The lowest BCUT2D eigenvalue weighted by atomic mass is 10.0. The van der Waals surface area contributed by atoms with Crippen molar-refractivity contribution in [2.24, 2.45) is 0 Å². The van der Waals surface area contributed by atoms with Gasteiger partial charge in [-0.1, -0.05) is 91.4 Å². The van der Waals surface area contributed by atoms with Crippen LogP contribution in [0.15, 0.2) is 0 Å². The van der Waals surface area contributed by atoms with Crippen LogP contribution in [0.4, 0.5) is 0 Å². The molecule has 0 heterocycles. The Bertz CT molecular complexity index is 315. The molecule has 0 saturated heterocycles. The quantitative estimate of drug-likeness (QED) is 0.175. The van der Waals surface area contributed by atoms with Gasteiger partial charge in [0.05, 0.1) is 48.8 Å². The average Bonchev–Trinajstić information content (AvgIpc) is 2.57. The summed E-state index contributed by atoms with van der Waals surface area (Å²) in [5, 5.41) is 0. The smallest absolute Gasteiger partial charge is 0.117 e. The van der Waals surface area contributed by atoms with Crippen LogP contribution in [0.5, 0.6) is 0 Å². The molecule has 0 spiro atoms. The monoisotopic (exact) mass is 472 g/mol. The predicted octanol–water partition coefficient (Wildman–Crippen LogP) is 1.21. The van der Waals surface area contributed by atoms with Gasteiger partial charge < -0.3 is 29.3 Å². The van der Waals surface area contributed by atoms with Gasteiger partial charge in [0.15, 0.2) is 0 Å². The number of quaternary nitrogens is 2. The second-order valence-electron chi connectivity index (χ2n) is 10.4. The number of unbranched alkanes of at least 4 members (excludes halogenated alkanes) is 10. The van der Waals surface area contributed by atoms with Gasteiger partial charge in [-0.2, -0.15) is 4.65 Å². The second kappa shape index (κ2) is 24.1. The van der Waals surface area contributed by atoms with Crippen molar-refractivity contribution in [1.29, 1.82) is 0 Å². The largest absolute Gasteiger partial charge is 1.00 e. The Morgan fingerprint density at radius 3 is 1.23 bits per heavy atom. The third-order valence-electron chi connectivity index (χ3n) is 4.94. The van der Waals surface area contributed by atoms with E-state index in [2.05, 4.69) is 63.1 Å². The molecule has 3 nitrogen and oxygen atoms in total. The van der Waals surface area contributed by atoms with Gasteiger partial charge in [-0.15, -0.1) is 0 Å². The minimum atomic E-state index is 0. The minimum Gasteiger partial charge on any atom is -1.00 e. The van der Waals surface area contributed by atoms with E-state index in [4.69, 9.17) is 4.84 Å². The molecular weight excluding hydrogens is 415 g/mol. The maximum absolute atomic E-state index is 6.02. The summed E-state index contributed by atoms with van der Waals surface area (Å²) in [4.78, 5) is 6.02. The summed E-state index contributed by atoms with van der Waals surface area (Å²) in [5.74, 6) is 0. The molecule has 188 valence electrons. The zero-order chi connectivity index (χ0) is 21.9. The van der Waals surface area contributed by atoms with Crippen molar-refractivity contribution in [3.63, 3.8) is 0 Å². The highest BCUT2D eigenvalue weighted by atomic mass is 35.5. The third kappa shape index (κ3) is 35.9. The second-order valence-corrected chi connectivity index (χ2v) is 10.4. The average molecular weight is 474 g/mol. The van der Waals surface area contributed by atoms with Crippen LogP contribution in [-0.2, 0) is 4.84 Å². The maximum Gasteiger partial charge on any atom is 0.117 e. The van der Waals surface area contributed by atoms with Crippen molar-refractivity contribution >= 4 is 0 Å².